The maximum Gasteiger partial charge on any atom is 0.161 e. The number of nitrogens with zero attached hydrogens (tertiary/aromatic N) is 4. The van der Waals surface area contributed by atoms with Gasteiger partial charge in [0.15, 0.2) is 23.3 Å². The number of fused-ring (bicyclic) bond motifs is 6. The highest BCUT2D eigenvalue weighted by Gasteiger charge is 2.22. The average Bonchev–Trinajstić information content (AvgIpc) is 3.82. The van der Waals surface area contributed by atoms with E-state index in [4.69, 9.17) is 0 Å². The first-order valence-corrected chi connectivity index (χ1v) is 21.3. The molecule has 2 heterocycles. The van der Waals surface area contributed by atoms with Crippen LogP contribution in [0.25, 0.3) is 43.6 Å². The molecule has 11 rings (SSSR count). The van der Waals surface area contributed by atoms with Gasteiger partial charge in [0.1, 0.15) is 11.6 Å². The van der Waals surface area contributed by atoms with Crippen LogP contribution in [0.3, 0.4) is 0 Å². The van der Waals surface area contributed by atoms with Crippen molar-refractivity contribution in [2.24, 2.45) is 0 Å². The zero-order chi connectivity index (χ0) is 45.1. The molecule has 0 N–H and O–H groups in total. The summed E-state index contributed by atoms with van der Waals surface area (Å²) in [5, 5.41) is 3.49. The van der Waals surface area contributed by atoms with E-state index in [0.717, 1.165) is 89.9 Å². The Morgan fingerprint density at radius 1 is 0.273 bits per heavy atom. The van der Waals surface area contributed by atoms with Gasteiger partial charge in [0.2, 0.25) is 0 Å². The Balaban J connectivity index is 1.09. The standard InChI is InChI=1S/C56H36F6N4/c57-47-31-51(61)49(59)27-35(47)33-63-53-17-9-7-15-43(53)45-29-41(23-25-55(45)63)66(40-21-19-39(20-22-40)65(37-11-3-1-4-12-37)38-13-5-2-6-14-38)42-24-26-56-46(30-42)44-16-8-10-18-54(44)64(56)34-36-28-50(60)52(62)32-48(36)58/h1-32H,33-34H2. The van der Waals surface area contributed by atoms with Crippen molar-refractivity contribution in [2.75, 3.05) is 9.80 Å². The molecule has 0 radical (unpaired) electrons. The Morgan fingerprint density at radius 2 is 0.591 bits per heavy atom. The van der Waals surface area contributed by atoms with Gasteiger partial charge in [-0.1, -0.05) is 72.8 Å². The molecule has 0 bridgehead atoms. The van der Waals surface area contributed by atoms with Gasteiger partial charge >= 0.3 is 0 Å². The van der Waals surface area contributed by atoms with Crippen LogP contribution in [0.15, 0.2) is 194 Å². The molecule has 0 aliphatic carbocycles. The lowest BCUT2D eigenvalue weighted by Gasteiger charge is -2.28. The van der Waals surface area contributed by atoms with Crippen molar-refractivity contribution in [3.63, 3.8) is 0 Å². The SMILES string of the molecule is Fc1cc(F)c(Cn2c3ccccc3c3cc(N(c4ccc(N(c5ccccc5)c5ccccc5)cc4)c4ccc5c(c4)c4ccccc4n5Cc4cc(F)c(F)cc4F)ccc32)cc1F. The summed E-state index contributed by atoms with van der Waals surface area (Å²) in [5.74, 6) is -6.41. The van der Waals surface area contributed by atoms with Gasteiger partial charge in [0.25, 0.3) is 0 Å². The Hall–Kier alpha value is -8.24. The molecule has 2 aromatic heterocycles. The van der Waals surface area contributed by atoms with Gasteiger partial charge in [-0.15, -0.1) is 0 Å². The summed E-state index contributed by atoms with van der Waals surface area (Å²) in [4.78, 5) is 4.32. The molecule has 0 atom stereocenters. The number of anilines is 6. The molecule has 0 saturated carbocycles. The number of hydrogen-bond donors (Lipinski definition) is 0. The zero-order valence-electron chi connectivity index (χ0n) is 34.9. The Kier molecular flexibility index (Phi) is 10.1. The van der Waals surface area contributed by atoms with E-state index in [1.165, 1.54) is 0 Å². The zero-order valence-corrected chi connectivity index (χ0v) is 34.9. The van der Waals surface area contributed by atoms with Crippen LogP contribution in [0.4, 0.5) is 60.5 Å². The topological polar surface area (TPSA) is 16.3 Å². The molecule has 11 aromatic rings. The molecule has 0 aliphatic rings. The highest BCUT2D eigenvalue weighted by atomic mass is 19.2. The summed E-state index contributed by atoms with van der Waals surface area (Å²) in [6.45, 7) is -0.0712. The van der Waals surface area contributed by atoms with Crippen LogP contribution in [0.5, 0.6) is 0 Å². The van der Waals surface area contributed by atoms with Crippen LogP contribution in [-0.2, 0) is 13.1 Å². The molecule has 0 fully saturated rings. The highest BCUT2D eigenvalue weighted by molar-refractivity contribution is 6.11. The molecule has 4 nitrogen and oxygen atoms in total. The monoisotopic (exact) mass is 878 g/mol. The van der Waals surface area contributed by atoms with Gasteiger partial charge in [0, 0.05) is 101 Å². The number of rotatable bonds is 10. The summed E-state index contributed by atoms with van der Waals surface area (Å²) >= 11 is 0. The first-order chi connectivity index (χ1) is 32.2. The summed E-state index contributed by atoms with van der Waals surface area (Å²) < 4.78 is 90.9. The van der Waals surface area contributed by atoms with Crippen molar-refractivity contribution in [2.45, 2.75) is 13.1 Å². The highest BCUT2D eigenvalue weighted by Crippen LogP contribution is 2.43. The van der Waals surface area contributed by atoms with Crippen LogP contribution >= 0.6 is 0 Å². The van der Waals surface area contributed by atoms with Crippen LogP contribution in [-0.4, -0.2) is 9.13 Å². The molecule has 0 unspecified atom stereocenters. The molecule has 322 valence electrons. The number of benzene rings is 9. The van der Waals surface area contributed by atoms with E-state index in [9.17, 15) is 17.6 Å². The van der Waals surface area contributed by atoms with Gasteiger partial charge in [-0.3, -0.25) is 0 Å². The van der Waals surface area contributed by atoms with Crippen molar-refractivity contribution >= 4 is 77.7 Å². The van der Waals surface area contributed by atoms with Gasteiger partial charge < -0.3 is 18.9 Å². The van der Waals surface area contributed by atoms with Crippen molar-refractivity contribution in [3.05, 3.63) is 240 Å². The normalized spacial score (nSPS) is 11.6. The van der Waals surface area contributed by atoms with Crippen LogP contribution in [0.1, 0.15) is 11.1 Å². The maximum atomic E-state index is 15.1. The molecule has 0 amide bonds. The number of halogens is 6. The van der Waals surface area contributed by atoms with Crippen molar-refractivity contribution in [1.29, 1.82) is 0 Å². The minimum absolute atomic E-state index is 0.0159. The fourth-order valence-electron chi connectivity index (χ4n) is 9.21. The van der Waals surface area contributed by atoms with Crippen molar-refractivity contribution in [1.82, 2.24) is 9.13 Å². The molecule has 66 heavy (non-hydrogen) atoms. The summed E-state index contributed by atoms with van der Waals surface area (Å²) in [5.41, 5.74) is 8.49. The van der Waals surface area contributed by atoms with Crippen LogP contribution < -0.4 is 9.80 Å². The smallest absolute Gasteiger partial charge is 0.161 e. The van der Waals surface area contributed by atoms with E-state index in [2.05, 4.69) is 70.5 Å². The van der Waals surface area contributed by atoms with Crippen LogP contribution in [0.2, 0.25) is 0 Å². The van der Waals surface area contributed by atoms with Gasteiger partial charge in [-0.2, -0.15) is 0 Å². The van der Waals surface area contributed by atoms with E-state index >= 15 is 8.78 Å². The van der Waals surface area contributed by atoms with Gasteiger partial charge in [-0.05, 0) is 109 Å². The second-order valence-electron chi connectivity index (χ2n) is 16.2. The third kappa shape index (κ3) is 7.07. The molecule has 0 saturated heterocycles. The maximum absolute atomic E-state index is 15.1. The summed E-state index contributed by atoms with van der Waals surface area (Å²) in [7, 11) is 0. The Morgan fingerprint density at radius 3 is 1.02 bits per heavy atom. The van der Waals surface area contributed by atoms with E-state index in [-0.39, 0.29) is 24.2 Å². The predicted molar refractivity (Wildman–Crippen MR) is 253 cm³/mol. The molecule has 0 aliphatic heterocycles. The molecular formula is C56H36F6N4. The molecular weight excluding hydrogens is 843 g/mol. The van der Waals surface area contributed by atoms with Gasteiger partial charge in [-0.25, -0.2) is 26.3 Å². The lowest BCUT2D eigenvalue weighted by atomic mass is 10.1. The van der Waals surface area contributed by atoms with E-state index < -0.39 is 34.9 Å². The largest absolute Gasteiger partial charge is 0.336 e. The Bertz CT molecular complexity index is 3410. The van der Waals surface area contributed by atoms with E-state index in [0.29, 0.717) is 12.1 Å². The third-order valence-electron chi connectivity index (χ3n) is 12.3. The fourth-order valence-corrected chi connectivity index (χ4v) is 9.21. The first kappa shape index (κ1) is 40.5. The van der Waals surface area contributed by atoms with E-state index in [1.807, 2.05) is 118 Å². The molecule has 0 spiro atoms. The van der Waals surface area contributed by atoms with Crippen molar-refractivity contribution < 1.29 is 26.3 Å². The quantitative estimate of drug-likeness (QED) is 0.101. The first-order valence-electron chi connectivity index (χ1n) is 21.3. The lowest BCUT2D eigenvalue weighted by molar-refractivity contribution is 0.489. The predicted octanol–water partition coefficient (Wildman–Crippen LogP) is 15.8. The Labute approximate surface area is 375 Å². The molecule has 9 aromatic carbocycles. The average molecular weight is 879 g/mol. The third-order valence-corrected chi connectivity index (χ3v) is 12.3. The number of hydrogen-bond acceptors (Lipinski definition) is 2. The van der Waals surface area contributed by atoms with E-state index in [1.54, 1.807) is 0 Å². The minimum Gasteiger partial charge on any atom is -0.336 e. The number of para-hydroxylation sites is 4. The number of aromatic nitrogens is 2. The van der Waals surface area contributed by atoms with Crippen molar-refractivity contribution in [3.8, 4) is 0 Å². The second-order valence-corrected chi connectivity index (χ2v) is 16.2. The van der Waals surface area contributed by atoms with Crippen LogP contribution in [0, 0.1) is 34.9 Å². The fraction of sp³-hybridized carbons (Fsp3) is 0.0357. The molecule has 10 heteroatoms. The summed E-state index contributed by atoms with van der Waals surface area (Å²) in [6.07, 6.45) is 0. The van der Waals surface area contributed by atoms with Gasteiger partial charge in [0.05, 0.1) is 13.1 Å². The lowest BCUT2D eigenvalue weighted by Crippen LogP contribution is -2.12. The summed E-state index contributed by atoms with van der Waals surface area (Å²) in [6, 6.07) is 58.9. The minimum atomic E-state index is -1.25. The second kappa shape index (κ2) is 16.4.